The molecule has 0 radical (unpaired) electrons. The van der Waals surface area contributed by atoms with E-state index in [0.717, 1.165) is 25.2 Å². The number of ether oxygens (including phenoxy) is 2. The highest BCUT2D eigenvalue weighted by atomic mass is 16.5. The Hall–Kier alpha value is -2.57. The predicted octanol–water partition coefficient (Wildman–Crippen LogP) is 2.48. The minimum Gasteiger partial charge on any atom is -0.497 e. The lowest BCUT2D eigenvalue weighted by atomic mass is 9.89. The number of amides is 1. The predicted molar refractivity (Wildman–Crippen MR) is 114 cm³/mol. The first-order chi connectivity index (χ1) is 14.1. The van der Waals surface area contributed by atoms with Crippen LogP contribution in [0.1, 0.15) is 17.9 Å². The van der Waals surface area contributed by atoms with Crippen LogP contribution in [0.15, 0.2) is 48.5 Å². The van der Waals surface area contributed by atoms with E-state index in [2.05, 4.69) is 29.2 Å². The van der Waals surface area contributed by atoms with Crippen LogP contribution in [0.4, 0.5) is 5.69 Å². The van der Waals surface area contributed by atoms with Crippen LogP contribution in [0.2, 0.25) is 0 Å². The molecule has 2 aromatic rings. The molecule has 0 bridgehead atoms. The average Bonchev–Trinajstić information content (AvgIpc) is 3.37. The van der Waals surface area contributed by atoms with E-state index in [1.165, 1.54) is 5.56 Å². The van der Waals surface area contributed by atoms with Gasteiger partial charge >= 0.3 is 0 Å². The van der Waals surface area contributed by atoms with Gasteiger partial charge in [-0.2, -0.15) is 0 Å². The Morgan fingerprint density at radius 1 is 1.03 bits per heavy atom. The van der Waals surface area contributed by atoms with Crippen molar-refractivity contribution in [3.63, 3.8) is 0 Å². The molecule has 6 heteroatoms. The number of rotatable bonds is 6. The van der Waals surface area contributed by atoms with Crippen molar-refractivity contribution in [2.75, 3.05) is 45.3 Å². The van der Waals surface area contributed by atoms with Gasteiger partial charge in [0.05, 0.1) is 25.9 Å². The molecule has 6 nitrogen and oxygen atoms in total. The number of nitrogens with two attached hydrogens (primary N) is 1. The van der Waals surface area contributed by atoms with Crippen molar-refractivity contribution in [3.8, 4) is 11.5 Å². The standard InChI is InChI=1S/C23H29N3O3/c1-28-19-10-18(11-20(12-19)29-2)26-9-8-22(23(26)27)25-14-17(13-24)21(15-25)16-6-4-3-5-7-16/h3-7,10-12,17,21-22H,8-9,13-15,24H2,1-2H3/t17-,21+,22?/m1/s1. The number of nitrogens with zero attached hydrogens (tertiary/aromatic N) is 2. The van der Waals surface area contributed by atoms with Crippen molar-refractivity contribution in [2.24, 2.45) is 11.7 Å². The maximum absolute atomic E-state index is 13.3. The molecule has 2 aliphatic rings. The van der Waals surface area contributed by atoms with E-state index in [-0.39, 0.29) is 11.9 Å². The molecule has 0 aliphatic carbocycles. The van der Waals surface area contributed by atoms with Gasteiger partial charge in [0.25, 0.3) is 0 Å². The van der Waals surface area contributed by atoms with Crippen LogP contribution < -0.4 is 20.1 Å². The molecule has 0 aromatic heterocycles. The molecule has 2 fully saturated rings. The number of anilines is 1. The Balaban J connectivity index is 1.52. The van der Waals surface area contributed by atoms with E-state index in [4.69, 9.17) is 15.2 Å². The van der Waals surface area contributed by atoms with Gasteiger partial charge in [0.2, 0.25) is 5.91 Å². The van der Waals surface area contributed by atoms with Gasteiger partial charge in [-0.25, -0.2) is 0 Å². The lowest BCUT2D eigenvalue weighted by Gasteiger charge is -2.24. The highest BCUT2D eigenvalue weighted by Gasteiger charge is 2.43. The Morgan fingerprint density at radius 3 is 2.34 bits per heavy atom. The van der Waals surface area contributed by atoms with E-state index >= 15 is 0 Å². The lowest BCUT2D eigenvalue weighted by molar-refractivity contribution is -0.121. The SMILES string of the molecule is COc1cc(OC)cc(N2CCC(N3C[C@@H](CN)[C@H](c4ccccc4)C3)C2=O)c1. The smallest absolute Gasteiger partial charge is 0.244 e. The number of carbonyl (C=O) groups excluding carboxylic acids is 1. The van der Waals surface area contributed by atoms with Crippen molar-refractivity contribution in [1.29, 1.82) is 0 Å². The minimum atomic E-state index is -0.102. The summed E-state index contributed by atoms with van der Waals surface area (Å²) in [5.41, 5.74) is 8.22. The quantitative estimate of drug-likeness (QED) is 0.814. The topological polar surface area (TPSA) is 68.0 Å². The maximum Gasteiger partial charge on any atom is 0.244 e. The lowest BCUT2D eigenvalue weighted by Crippen LogP contribution is -2.41. The molecule has 4 rings (SSSR count). The van der Waals surface area contributed by atoms with Gasteiger partial charge in [-0.15, -0.1) is 0 Å². The molecule has 2 heterocycles. The summed E-state index contributed by atoms with van der Waals surface area (Å²) in [6, 6.07) is 16.0. The number of benzene rings is 2. The molecular weight excluding hydrogens is 366 g/mol. The van der Waals surface area contributed by atoms with Gasteiger partial charge in [-0.3, -0.25) is 9.69 Å². The molecule has 2 N–H and O–H groups in total. The molecule has 29 heavy (non-hydrogen) atoms. The monoisotopic (exact) mass is 395 g/mol. The molecule has 154 valence electrons. The van der Waals surface area contributed by atoms with Gasteiger partial charge < -0.3 is 20.1 Å². The molecule has 1 amide bonds. The Bertz CT molecular complexity index is 835. The number of likely N-dealkylation sites (tertiary alicyclic amines) is 1. The van der Waals surface area contributed by atoms with Gasteiger partial charge in [0, 0.05) is 43.8 Å². The first-order valence-electron chi connectivity index (χ1n) is 10.2. The summed E-state index contributed by atoms with van der Waals surface area (Å²) < 4.78 is 10.7. The first-order valence-corrected chi connectivity index (χ1v) is 10.2. The number of hydrogen-bond acceptors (Lipinski definition) is 5. The maximum atomic E-state index is 13.3. The van der Waals surface area contributed by atoms with E-state index < -0.39 is 0 Å². The van der Waals surface area contributed by atoms with Crippen LogP contribution in [-0.2, 0) is 4.79 Å². The van der Waals surface area contributed by atoms with Gasteiger partial charge in [0.1, 0.15) is 11.5 Å². The highest BCUT2D eigenvalue weighted by Crippen LogP contribution is 2.37. The normalized spacial score (nSPS) is 24.9. The zero-order valence-electron chi connectivity index (χ0n) is 17.1. The van der Waals surface area contributed by atoms with E-state index in [1.807, 2.05) is 29.2 Å². The number of hydrogen-bond donors (Lipinski definition) is 1. The molecule has 1 unspecified atom stereocenters. The third-order valence-corrected chi connectivity index (χ3v) is 6.27. The Kier molecular flexibility index (Phi) is 5.74. The summed E-state index contributed by atoms with van der Waals surface area (Å²) in [5, 5.41) is 0. The van der Waals surface area contributed by atoms with E-state index in [1.54, 1.807) is 14.2 Å². The fraction of sp³-hybridized carbons (Fsp3) is 0.435. The molecule has 2 aromatic carbocycles. The molecule has 0 saturated carbocycles. The van der Waals surface area contributed by atoms with Crippen LogP contribution in [0.3, 0.4) is 0 Å². The molecule has 2 saturated heterocycles. The largest absolute Gasteiger partial charge is 0.497 e. The van der Waals surface area contributed by atoms with Crippen LogP contribution in [0, 0.1) is 5.92 Å². The van der Waals surface area contributed by atoms with Crippen LogP contribution in [0.25, 0.3) is 0 Å². The number of carbonyl (C=O) groups is 1. The van der Waals surface area contributed by atoms with Crippen LogP contribution >= 0.6 is 0 Å². The summed E-state index contributed by atoms with van der Waals surface area (Å²) in [6.07, 6.45) is 0.817. The first kappa shape index (κ1) is 19.7. The van der Waals surface area contributed by atoms with E-state index in [9.17, 15) is 4.79 Å². The van der Waals surface area contributed by atoms with Crippen molar-refractivity contribution in [3.05, 3.63) is 54.1 Å². The average molecular weight is 396 g/mol. The summed E-state index contributed by atoms with van der Waals surface area (Å²) in [7, 11) is 3.24. The van der Waals surface area contributed by atoms with Crippen molar-refractivity contribution < 1.29 is 14.3 Å². The summed E-state index contributed by atoms with van der Waals surface area (Å²) >= 11 is 0. The summed E-state index contributed by atoms with van der Waals surface area (Å²) in [4.78, 5) is 17.5. The second kappa shape index (κ2) is 8.43. The zero-order valence-corrected chi connectivity index (χ0v) is 17.1. The zero-order chi connectivity index (χ0) is 20.4. The highest BCUT2D eigenvalue weighted by molar-refractivity contribution is 5.99. The second-order valence-corrected chi connectivity index (χ2v) is 7.83. The van der Waals surface area contributed by atoms with Crippen molar-refractivity contribution >= 4 is 11.6 Å². The second-order valence-electron chi connectivity index (χ2n) is 7.83. The summed E-state index contributed by atoms with van der Waals surface area (Å²) in [6.45, 7) is 3.06. The van der Waals surface area contributed by atoms with Crippen molar-refractivity contribution in [2.45, 2.75) is 18.4 Å². The fourth-order valence-electron chi connectivity index (χ4n) is 4.68. The molecule has 3 atom stereocenters. The molecule has 2 aliphatic heterocycles. The van der Waals surface area contributed by atoms with E-state index in [0.29, 0.717) is 36.4 Å². The molecule has 0 spiro atoms. The summed E-state index contributed by atoms with van der Waals surface area (Å²) in [5.74, 6) is 2.26. The van der Waals surface area contributed by atoms with Crippen LogP contribution in [-0.4, -0.2) is 57.2 Å². The fourth-order valence-corrected chi connectivity index (χ4v) is 4.68. The Morgan fingerprint density at radius 2 is 1.72 bits per heavy atom. The third-order valence-electron chi connectivity index (χ3n) is 6.27. The minimum absolute atomic E-state index is 0.102. The van der Waals surface area contributed by atoms with Crippen molar-refractivity contribution in [1.82, 2.24) is 4.90 Å². The Labute approximate surface area is 172 Å². The van der Waals surface area contributed by atoms with Gasteiger partial charge in [-0.1, -0.05) is 30.3 Å². The van der Waals surface area contributed by atoms with Gasteiger partial charge in [-0.05, 0) is 24.4 Å². The number of methoxy groups -OCH3 is 2. The molecular formula is C23H29N3O3. The third kappa shape index (κ3) is 3.82. The van der Waals surface area contributed by atoms with Crippen LogP contribution in [0.5, 0.6) is 11.5 Å². The van der Waals surface area contributed by atoms with Gasteiger partial charge in [0.15, 0.2) is 0 Å².